The van der Waals surface area contributed by atoms with Crippen LogP contribution in [-0.2, 0) is 0 Å². The highest BCUT2D eigenvalue weighted by Crippen LogP contribution is 2.54. The van der Waals surface area contributed by atoms with Gasteiger partial charge in [0.1, 0.15) is 0 Å². The summed E-state index contributed by atoms with van der Waals surface area (Å²) in [6, 6.07) is 21.3. The summed E-state index contributed by atoms with van der Waals surface area (Å²) < 4.78 is 0. The first-order chi connectivity index (χ1) is 26.5. The average molecular weight is 738 g/mol. The Labute approximate surface area is 324 Å². The van der Waals surface area contributed by atoms with Crippen LogP contribution in [0.3, 0.4) is 0 Å². The van der Waals surface area contributed by atoms with Gasteiger partial charge >= 0.3 is 12.1 Å². The molecular weight excluding hydrogens is 671 g/mol. The first-order valence-corrected chi connectivity index (χ1v) is 22.0. The molecule has 9 heteroatoms. The minimum Gasteiger partial charge on any atom is -0.338 e. The average Bonchev–Trinajstić information content (AvgIpc) is 3.96. The number of rotatable bonds is 16. The summed E-state index contributed by atoms with van der Waals surface area (Å²) in [7, 11) is 2.12. The van der Waals surface area contributed by atoms with Crippen LogP contribution < -0.4 is 21.3 Å². The van der Waals surface area contributed by atoms with Crippen LogP contribution in [0.2, 0.25) is 0 Å². The Balaban J connectivity index is 0.609. The van der Waals surface area contributed by atoms with Crippen LogP contribution in [0.15, 0.2) is 48.5 Å². The van der Waals surface area contributed by atoms with Crippen molar-refractivity contribution in [1.82, 2.24) is 36.0 Å². The predicted molar refractivity (Wildman–Crippen MR) is 216 cm³/mol. The van der Waals surface area contributed by atoms with Crippen molar-refractivity contribution < 1.29 is 9.59 Å². The van der Waals surface area contributed by atoms with Crippen LogP contribution in [0.25, 0.3) is 0 Å². The molecule has 9 nitrogen and oxygen atoms in total. The van der Waals surface area contributed by atoms with Crippen molar-refractivity contribution in [3.63, 3.8) is 0 Å². The fraction of sp³-hybridized carbons (Fsp3) is 0.689. The van der Waals surface area contributed by atoms with E-state index in [1.54, 1.807) is 22.3 Å². The molecule has 4 amide bonds. The summed E-state index contributed by atoms with van der Waals surface area (Å²) in [6.07, 6.45) is 18.9. The number of hydrogen-bond donors (Lipinski definition) is 4. The normalized spacial score (nSPS) is 30.0. The zero-order chi connectivity index (χ0) is 36.9. The van der Waals surface area contributed by atoms with E-state index in [-0.39, 0.29) is 12.1 Å². The molecule has 0 unspecified atom stereocenters. The van der Waals surface area contributed by atoms with Crippen LogP contribution in [0.4, 0.5) is 9.59 Å². The highest BCUT2D eigenvalue weighted by Gasteiger charge is 2.44. The third-order valence-electron chi connectivity index (χ3n) is 14.4. The summed E-state index contributed by atoms with van der Waals surface area (Å²) in [5.74, 6) is 1.56. The fourth-order valence-corrected chi connectivity index (χ4v) is 11.5. The predicted octanol–water partition coefficient (Wildman–Crippen LogP) is 7.98. The number of carbonyl (C=O) groups excluding carboxylic acids is 2. The highest BCUT2D eigenvalue weighted by atomic mass is 16.2. The van der Waals surface area contributed by atoms with Crippen molar-refractivity contribution in [2.75, 3.05) is 46.3 Å². The summed E-state index contributed by atoms with van der Waals surface area (Å²) in [5, 5.41) is 12.7. The molecule has 0 aromatic heterocycles. The van der Waals surface area contributed by atoms with Crippen LogP contribution in [0.1, 0.15) is 149 Å². The molecule has 54 heavy (non-hydrogen) atoms. The smallest absolute Gasteiger partial charge is 0.315 e. The number of hydrogen-bond acceptors (Lipinski definition) is 5. The summed E-state index contributed by atoms with van der Waals surface area (Å²) in [5.41, 5.74) is 6.32. The minimum absolute atomic E-state index is 0.0173. The molecule has 4 atom stereocenters. The molecule has 4 aliphatic heterocycles. The van der Waals surface area contributed by atoms with Crippen LogP contribution >= 0.6 is 0 Å². The Morgan fingerprint density at radius 3 is 1.26 bits per heavy atom. The molecule has 8 rings (SSSR count). The molecule has 2 saturated heterocycles. The quantitative estimate of drug-likeness (QED) is 0.131. The van der Waals surface area contributed by atoms with Gasteiger partial charge in [-0.25, -0.2) is 9.59 Å². The molecule has 2 aromatic rings. The molecule has 6 aliphatic rings. The monoisotopic (exact) mass is 738 g/mol. The summed E-state index contributed by atoms with van der Waals surface area (Å²) in [4.78, 5) is 33.1. The van der Waals surface area contributed by atoms with Crippen molar-refractivity contribution in [3.8, 4) is 0 Å². The van der Waals surface area contributed by atoms with Gasteiger partial charge in [0.25, 0.3) is 0 Å². The van der Waals surface area contributed by atoms with Gasteiger partial charge in [-0.2, -0.15) is 0 Å². The maximum Gasteiger partial charge on any atom is 0.315 e. The molecule has 4 N–H and O–H groups in total. The fourth-order valence-electron chi connectivity index (χ4n) is 11.5. The van der Waals surface area contributed by atoms with Crippen molar-refractivity contribution in [1.29, 1.82) is 0 Å². The Morgan fingerprint density at radius 1 is 0.556 bits per heavy atom. The van der Waals surface area contributed by atoms with Gasteiger partial charge in [-0.3, -0.25) is 9.80 Å². The Hall–Kier alpha value is -3.14. The number of urea groups is 2. The van der Waals surface area contributed by atoms with Gasteiger partial charge in [-0.15, -0.1) is 0 Å². The van der Waals surface area contributed by atoms with E-state index in [9.17, 15) is 9.59 Å². The molecule has 294 valence electrons. The molecule has 0 spiro atoms. The van der Waals surface area contributed by atoms with Gasteiger partial charge in [0, 0.05) is 49.3 Å². The van der Waals surface area contributed by atoms with Crippen molar-refractivity contribution in [2.45, 2.75) is 139 Å². The van der Waals surface area contributed by atoms with E-state index in [0.29, 0.717) is 49.3 Å². The largest absolute Gasteiger partial charge is 0.338 e. The Morgan fingerprint density at radius 2 is 0.907 bits per heavy atom. The number of benzene rings is 2. The highest BCUT2D eigenvalue weighted by molar-refractivity contribution is 5.74. The summed E-state index contributed by atoms with van der Waals surface area (Å²) in [6.45, 7) is 5.65. The second kappa shape index (κ2) is 17.8. The lowest BCUT2D eigenvalue weighted by Gasteiger charge is -2.31. The number of amides is 4. The molecule has 2 aromatic carbocycles. The molecule has 4 bridgehead atoms. The van der Waals surface area contributed by atoms with Gasteiger partial charge in [0.2, 0.25) is 0 Å². The van der Waals surface area contributed by atoms with Gasteiger partial charge in [0.05, 0.1) is 0 Å². The van der Waals surface area contributed by atoms with E-state index in [4.69, 9.17) is 0 Å². The van der Waals surface area contributed by atoms with E-state index >= 15 is 0 Å². The molecular formula is C45H67N7O2. The van der Waals surface area contributed by atoms with Gasteiger partial charge in [-0.05, 0) is 170 Å². The third-order valence-corrected chi connectivity index (χ3v) is 14.4. The number of nitrogens with zero attached hydrogens (tertiary/aromatic N) is 3. The number of nitrogens with one attached hydrogen (secondary N) is 4. The zero-order valence-electron chi connectivity index (χ0n) is 33.0. The SMILES string of the molecule is CN(CCCNC(=O)NC1CCC(CCN2[C@@H]3CC[C@H]2c2ccccc23)CC1)CCCNC(=O)NC1CCC(CCN2[C@@H]3CC[C@H]2c2ccccc23)CC1. The zero-order valence-corrected chi connectivity index (χ0v) is 33.0. The molecule has 4 heterocycles. The van der Waals surface area contributed by atoms with Crippen LogP contribution in [-0.4, -0.2) is 85.2 Å². The first-order valence-electron chi connectivity index (χ1n) is 22.0. The van der Waals surface area contributed by atoms with E-state index in [1.165, 1.54) is 77.3 Å². The lowest BCUT2D eigenvalue weighted by atomic mass is 9.84. The van der Waals surface area contributed by atoms with E-state index in [1.807, 2.05) is 0 Å². The molecule has 0 radical (unpaired) electrons. The van der Waals surface area contributed by atoms with E-state index < -0.39 is 0 Å². The Bertz CT molecular complexity index is 1380. The van der Waals surface area contributed by atoms with Gasteiger partial charge in [-0.1, -0.05) is 48.5 Å². The minimum atomic E-state index is -0.0173. The second-order valence-electron chi connectivity index (χ2n) is 17.8. The molecule has 2 aliphatic carbocycles. The Kier molecular flexibility index (Phi) is 12.4. The number of fused-ring (bicyclic) bond motifs is 10. The van der Waals surface area contributed by atoms with E-state index in [0.717, 1.165) is 63.5 Å². The van der Waals surface area contributed by atoms with Crippen LogP contribution in [0, 0.1) is 11.8 Å². The van der Waals surface area contributed by atoms with Gasteiger partial charge in [0.15, 0.2) is 0 Å². The van der Waals surface area contributed by atoms with Crippen molar-refractivity contribution in [2.24, 2.45) is 11.8 Å². The standard InChI is InChI=1S/C45H67N7O2/c1-50(28-6-26-46-44(53)48-34-16-12-32(13-17-34)24-30-51-40-20-21-41(51)37-9-3-2-8-36(37)40)29-7-27-47-45(54)49-35-18-14-33(15-19-35)25-31-52-42-22-23-43(52)39-11-5-4-10-38(39)42/h2-5,8-11,32-35,40-43H,6-7,12-31H2,1H3,(H2,46,48,53)(H2,47,49,54)/t32?,33?,34?,35?,40-,41+,42-,43+. The van der Waals surface area contributed by atoms with Crippen LogP contribution in [0.5, 0.6) is 0 Å². The summed E-state index contributed by atoms with van der Waals surface area (Å²) >= 11 is 0. The first kappa shape index (κ1) is 37.8. The maximum atomic E-state index is 12.6. The molecule has 4 fully saturated rings. The maximum absolute atomic E-state index is 12.6. The van der Waals surface area contributed by atoms with Gasteiger partial charge < -0.3 is 26.2 Å². The lowest BCUT2D eigenvalue weighted by Crippen LogP contribution is -2.44. The topological polar surface area (TPSA) is 92.0 Å². The van der Waals surface area contributed by atoms with E-state index in [2.05, 4.69) is 91.5 Å². The van der Waals surface area contributed by atoms with Crippen molar-refractivity contribution in [3.05, 3.63) is 70.8 Å². The lowest BCUT2D eigenvalue weighted by molar-refractivity contribution is 0.185. The third kappa shape index (κ3) is 8.79. The van der Waals surface area contributed by atoms with Crippen molar-refractivity contribution >= 4 is 12.1 Å². The number of carbonyl (C=O) groups is 2. The second-order valence-corrected chi connectivity index (χ2v) is 17.8. The molecule has 2 saturated carbocycles.